The zero-order chi connectivity index (χ0) is 15.5. The number of fused-ring (bicyclic) bond motifs is 1. The molecule has 1 aromatic heterocycles. The molecular weight excluding hydrogens is 272 g/mol. The largest absolute Gasteiger partial charge is 0.497 e. The number of methoxy groups -OCH3 is 1. The summed E-state index contributed by atoms with van der Waals surface area (Å²) >= 11 is 0. The second-order valence-corrected chi connectivity index (χ2v) is 5.52. The predicted molar refractivity (Wildman–Crippen MR) is 91.6 cm³/mol. The Hall–Kier alpha value is -2.55. The molecule has 0 radical (unpaired) electrons. The fraction of sp³-hybridized carbons (Fsp3) is 0.211. The molecule has 3 rings (SSSR count). The maximum Gasteiger partial charge on any atom is 0.129 e. The van der Waals surface area contributed by atoms with Gasteiger partial charge in [-0.3, -0.25) is 0 Å². The van der Waals surface area contributed by atoms with Gasteiger partial charge in [-0.1, -0.05) is 30.3 Å². The minimum Gasteiger partial charge on any atom is -0.497 e. The number of para-hydroxylation sites is 1. The number of hydrogen-bond donors (Lipinski definition) is 0. The standard InChI is InChI=1S/C19H20N2O/c1-14-11-19(20-18-10-5-4-9-17(14)18)21(2)13-15-7-6-8-16(12-15)22-3/h4-12H,13H2,1-3H3. The lowest BCUT2D eigenvalue weighted by atomic mass is 10.1. The Bertz CT molecular complexity index is 798. The molecule has 0 aliphatic rings. The Morgan fingerprint density at radius 3 is 2.68 bits per heavy atom. The SMILES string of the molecule is COc1cccc(CN(C)c2cc(C)c3ccccc3n2)c1. The summed E-state index contributed by atoms with van der Waals surface area (Å²) in [5.41, 5.74) is 3.49. The zero-order valence-electron chi connectivity index (χ0n) is 13.2. The van der Waals surface area contributed by atoms with Crippen LogP contribution >= 0.6 is 0 Å². The van der Waals surface area contributed by atoms with Crippen molar-refractivity contribution in [3.05, 3.63) is 65.7 Å². The van der Waals surface area contributed by atoms with Gasteiger partial charge in [0.05, 0.1) is 12.6 Å². The Kier molecular flexibility index (Phi) is 3.96. The molecular formula is C19H20N2O. The van der Waals surface area contributed by atoms with Gasteiger partial charge in [0.2, 0.25) is 0 Å². The van der Waals surface area contributed by atoms with Crippen LogP contribution in [0.4, 0.5) is 5.82 Å². The van der Waals surface area contributed by atoms with Crippen molar-refractivity contribution < 1.29 is 4.74 Å². The van der Waals surface area contributed by atoms with Crippen LogP contribution in [0.25, 0.3) is 10.9 Å². The van der Waals surface area contributed by atoms with Crippen LogP contribution in [0.3, 0.4) is 0 Å². The summed E-state index contributed by atoms with van der Waals surface area (Å²) in [6.45, 7) is 2.93. The van der Waals surface area contributed by atoms with Gasteiger partial charge in [0.15, 0.2) is 0 Å². The van der Waals surface area contributed by atoms with Crippen LogP contribution in [0.5, 0.6) is 5.75 Å². The van der Waals surface area contributed by atoms with Crippen molar-refractivity contribution in [2.45, 2.75) is 13.5 Å². The van der Waals surface area contributed by atoms with Crippen LogP contribution < -0.4 is 9.64 Å². The molecule has 3 aromatic rings. The average molecular weight is 292 g/mol. The van der Waals surface area contributed by atoms with Crippen LogP contribution in [-0.4, -0.2) is 19.1 Å². The zero-order valence-corrected chi connectivity index (χ0v) is 13.2. The molecule has 0 atom stereocenters. The lowest BCUT2D eigenvalue weighted by Gasteiger charge is -2.20. The number of hydrogen-bond acceptors (Lipinski definition) is 3. The van der Waals surface area contributed by atoms with Crippen molar-refractivity contribution in [3.63, 3.8) is 0 Å². The van der Waals surface area contributed by atoms with Gasteiger partial charge in [-0.15, -0.1) is 0 Å². The summed E-state index contributed by atoms with van der Waals surface area (Å²) in [4.78, 5) is 6.93. The Morgan fingerprint density at radius 1 is 1.05 bits per heavy atom. The van der Waals surface area contributed by atoms with Crippen molar-refractivity contribution in [2.24, 2.45) is 0 Å². The molecule has 2 aromatic carbocycles. The van der Waals surface area contributed by atoms with E-state index in [-0.39, 0.29) is 0 Å². The molecule has 3 heteroatoms. The molecule has 0 unspecified atom stereocenters. The third-order valence-electron chi connectivity index (χ3n) is 3.85. The molecule has 0 amide bonds. The third kappa shape index (κ3) is 2.89. The van der Waals surface area contributed by atoms with E-state index in [9.17, 15) is 0 Å². The molecule has 0 saturated carbocycles. The van der Waals surface area contributed by atoms with Crippen LogP contribution in [0.1, 0.15) is 11.1 Å². The van der Waals surface area contributed by atoms with Crippen LogP contribution in [0, 0.1) is 6.92 Å². The third-order valence-corrected chi connectivity index (χ3v) is 3.85. The highest BCUT2D eigenvalue weighted by molar-refractivity contribution is 5.83. The maximum atomic E-state index is 5.28. The first-order chi connectivity index (χ1) is 10.7. The van der Waals surface area contributed by atoms with E-state index in [1.807, 2.05) is 18.2 Å². The van der Waals surface area contributed by atoms with E-state index in [4.69, 9.17) is 9.72 Å². The van der Waals surface area contributed by atoms with Gasteiger partial charge in [-0.25, -0.2) is 4.98 Å². The summed E-state index contributed by atoms with van der Waals surface area (Å²) in [6, 6.07) is 18.5. The molecule has 3 nitrogen and oxygen atoms in total. The fourth-order valence-electron chi connectivity index (χ4n) is 2.65. The number of aromatic nitrogens is 1. The van der Waals surface area contributed by atoms with E-state index >= 15 is 0 Å². The first kappa shape index (κ1) is 14.4. The van der Waals surface area contributed by atoms with Gasteiger partial charge in [-0.05, 0) is 42.3 Å². The molecule has 0 bridgehead atoms. The van der Waals surface area contributed by atoms with Gasteiger partial charge in [-0.2, -0.15) is 0 Å². The first-order valence-corrected chi connectivity index (χ1v) is 7.38. The highest BCUT2D eigenvalue weighted by Gasteiger charge is 2.08. The Morgan fingerprint density at radius 2 is 1.86 bits per heavy atom. The van der Waals surface area contributed by atoms with Crippen molar-refractivity contribution in [3.8, 4) is 5.75 Å². The normalized spacial score (nSPS) is 10.7. The molecule has 112 valence electrons. The molecule has 0 aliphatic heterocycles. The fourth-order valence-corrected chi connectivity index (χ4v) is 2.65. The highest BCUT2D eigenvalue weighted by Crippen LogP contribution is 2.23. The molecule has 1 heterocycles. The summed E-state index contributed by atoms with van der Waals surface area (Å²) < 4.78 is 5.28. The molecule has 0 fully saturated rings. The number of ether oxygens (including phenoxy) is 1. The predicted octanol–water partition coefficient (Wildman–Crippen LogP) is 4.19. The summed E-state index contributed by atoms with van der Waals surface area (Å²) in [5.74, 6) is 1.87. The van der Waals surface area contributed by atoms with Gasteiger partial charge < -0.3 is 9.64 Å². The van der Waals surface area contributed by atoms with Crippen molar-refractivity contribution in [1.82, 2.24) is 4.98 Å². The van der Waals surface area contributed by atoms with E-state index in [2.05, 4.69) is 55.3 Å². The molecule has 0 aliphatic carbocycles. The molecule has 0 saturated heterocycles. The summed E-state index contributed by atoms with van der Waals surface area (Å²) in [6.07, 6.45) is 0. The number of pyridine rings is 1. The second-order valence-electron chi connectivity index (χ2n) is 5.52. The monoisotopic (exact) mass is 292 g/mol. The van der Waals surface area contributed by atoms with E-state index < -0.39 is 0 Å². The van der Waals surface area contributed by atoms with Crippen LogP contribution in [0.2, 0.25) is 0 Å². The molecule has 22 heavy (non-hydrogen) atoms. The van der Waals surface area contributed by atoms with Gasteiger partial charge in [0.25, 0.3) is 0 Å². The minimum atomic E-state index is 0.794. The first-order valence-electron chi connectivity index (χ1n) is 7.38. The lowest BCUT2D eigenvalue weighted by molar-refractivity contribution is 0.414. The van der Waals surface area contributed by atoms with E-state index in [1.54, 1.807) is 7.11 Å². The Balaban J connectivity index is 1.89. The quantitative estimate of drug-likeness (QED) is 0.721. The van der Waals surface area contributed by atoms with Crippen molar-refractivity contribution in [1.29, 1.82) is 0 Å². The maximum absolute atomic E-state index is 5.28. The summed E-state index contributed by atoms with van der Waals surface area (Å²) in [7, 11) is 3.76. The van der Waals surface area contributed by atoms with Crippen LogP contribution in [-0.2, 0) is 6.54 Å². The lowest BCUT2D eigenvalue weighted by Crippen LogP contribution is -2.17. The number of rotatable bonds is 4. The van der Waals surface area contributed by atoms with E-state index in [0.717, 1.165) is 23.6 Å². The number of aryl methyl sites for hydroxylation is 1. The van der Waals surface area contributed by atoms with E-state index in [1.165, 1.54) is 16.5 Å². The Labute approximate surface area is 131 Å². The van der Waals surface area contributed by atoms with Gasteiger partial charge in [0, 0.05) is 19.0 Å². The number of nitrogens with zero attached hydrogens (tertiary/aromatic N) is 2. The minimum absolute atomic E-state index is 0.794. The smallest absolute Gasteiger partial charge is 0.129 e. The topological polar surface area (TPSA) is 25.4 Å². The summed E-state index contributed by atoms with van der Waals surface area (Å²) in [5, 5.41) is 1.21. The number of anilines is 1. The van der Waals surface area contributed by atoms with Gasteiger partial charge >= 0.3 is 0 Å². The highest BCUT2D eigenvalue weighted by atomic mass is 16.5. The van der Waals surface area contributed by atoms with Crippen LogP contribution in [0.15, 0.2) is 54.6 Å². The van der Waals surface area contributed by atoms with Gasteiger partial charge in [0.1, 0.15) is 11.6 Å². The average Bonchev–Trinajstić information content (AvgIpc) is 2.55. The molecule has 0 N–H and O–H groups in total. The number of benzene rings is 2. The molecule has 0 spiro atoms. The second kappa shape index (κ2) is 6.06. The van der Waals surface area contributed by atoms with Crippen molar-refractivity contribution in [2.75, 3.05) is 19.1 Å². The van der Waals surface area contributed by atoms with E-state index in [0.29, 0.717) is 0 Å². The van der Waals surface area contributed by atoms with Crippen molar-refractivity contribution >= 4 is 16.7 Å².